The molecule has 1 amide bonds. The minimum Gasteiger partial charge on any atom is -0.342 e. The third-order valence-electron chi connectivity index (χ3n) is 4.25. The maximum absolute atomic E-state index is 12.5. The molecule has 0 unspecified atom stereocenters. The Balaban J connectivity index is 1.49. The Morgan fingerprint density at radius 1 is 1.15 bits per heavy atom. The summed E-state index contributed by atoms with van der Waals surface area (Å²) in [5, 5.41) is 2.92. The molecule has 2 N–H and O–H groups in total. The van der Waals surface area contributed by atoms with Gasteiger partial charge in [-0.1, -0.05) is 6.07 Å². The van der Waals surface area contributed by atoms with E-state index in [2.05, 4.69) is 30.2 Å². The Morgan fingerprint density at radius 2 is 1.96 bits per heavy atom. The lowest BCUT2D eigenvalue weighted by Gasteiger charge is -2.11. The number of carbonyl (C=O) groups excluding carboxylic acids is 1. The van der Waals surface area contributed by atoms with E-state index in [9.17, 15) is 4.79 Å². The number of amides is 1. The van der Waals surface area contributed by atoms with Crippen molar-refractivity contribution < 1.29 is 4.79 Å². The van der Waals surface area contributed by atoms with E-state index in [0.717, 1.165) is 22.2 Å². The molecule has 0 spiro atoms. The average molecular weight is 358 g/mol. The average Bonchev–Trinajstić information content (AvgIpc) is 3.12. The molecule has 0 radical (unpaired) electrons. The highest BCUT2D eigenvalue weighted by Gasteiger charge is 2.16. The van der Waals surface area contributed by atoms with Crippen LogP contribution in [0.1, 0.15) is 34.7 Å². The SMILES string of the molecule is Cc1ccc2nc([C@@H](C)NC(=O)c3cnc(-c4cccnc4)nc3)[nH]c2c1. The molecule has 0 saturated heterocycles. The summed E-state index contributed by atoms with van der Waals surface area (Å²) in [5.74, 6) is 0.981. The first-order chi connectivity index (χ1) is 13.1. The molecule has 0 saturated carbocycles. The molecule has 7 heteroatoms. The topological polar surface area (TPSA) is 96.5 Å². The van der Waals surface area contributed by atoms with Gasteiger partial charge in [-0.25, -0.2) is 15.0 Å². The van der Waals surface area contributed by atoms with Gasteiger partial charge >= 0.3 is 0 Å². The number of aromatic nitrogens is 5. The first-order valence-corrected chi connectivity index (χ1v) is 8.60. The number of H-pyrrole nitrogens is 1. The molecular formula is C20H18N6O. The number of hydrogen-bond acceptors (Lipinski definition) is 5. The number of nitrogens with zero attached hydrogens (tertiary/aromatic N) is 4. The van der Waals surface area contributed by atoms with E-state index >= 15 is 0 Å². The molecule has 3 heterocycles. The van der Waals surface area contributed by atoms with Crippen LogP contribution in [-0.4, -0.2) is 30.8 Å². The molecule has 4 rings (SSSR count). The third kappa shape index (κ3) is 3.52. The first kappa shape index (κ1) is 16.8. The zero-order valence-electron chi connectivity index (χ0n) is 15.0. The van der Waals surface area contributed by atoms with Crippen molar-refractivity contribution in [2.75, 3.05) is 0 Å². The van der Waals surface area contributed by atoms with Crippen molar-refractivity contribution in [3.05, 3.63) is 72.1 Å². The van der Waals surface area contributed by atoms with Crippen LogP contribution in [0.4, 0.5) is 0 Å². The highest BCUT2D eigenvalue weighted by molar-refractivity contribution is 5.94. The molecule has 3 aromatic heterocycles. The van der Waals surface area contributed by atoms with Crippen LogP contribution in [0.25, 0.3) is 22.4 Å². The molecular weight excluding hydrogens is 340 g/mol. The molecule has 0 aliphatic rings. The highest BCUT2D eigenvalue weighted by Crippen LogP contribution is 2.18. The molecule has 4 aromatic rings. The second-order valence-corrected chi connectivity index (χ2v) is 6.37. The normalized spacial score (nSPS) is 12.1. The Kier molecular flexibility index (Phi) is 4.33. The number of fused-ring (bicyclic) bond motifs is 1. The number of hydrogen-bond donors (Lipinski definition) is 2. The number of aromatic amines is 1. The van der Waals surface area contributed by atoms with Gasteiger partial charge in [0, 0.05) is 30.4 Å². The zero-order chi connectivity index (χ0) is 18.8. The molecule has 0 fully saturated rings. The van der Waals surface area contributed by atoms with Crippen LogP contribution >= 0.6 is 0 Å². The summed E-state index contributed by atoms with van der Waals surface area (Å²) >= 11 is 0. The zero-order valence-corrected chi connectivity index (χ0v) is 15.0. The van der Waals surface area contributed by atoms with Gasteiger partial charge in [-0.2, -0.15) is 0 Å². The number of rotatable bonds is 4. The van der Waals surface area contributed by atoms with Crippen molar-refractivity contribution in [3.63, 3.8) is 0 Å². The fraction of sp³-hybridized carbons (Fsp3) is 0.150. The molecule has 7 nitrogen and oxygen atoms in total. The summed E-state index contributed by atoms with van der Waals surface area (Å²) in [6, 6.07) is 9.42. The molecule has 0 aliphatic heterocycles. The largest absolute Gasteiger partial charge is 0.342 e. The Hall–Kier alpha value is -3.61. The van der Waals surface area contributed by atoms with Crippen molar-refractivity contribution in [1.29, 1.82) is 0 Å². The monoisotopic (exact) mass is 358 g/mol. The summed E-state index contributed by atoms with van der Waals surface area (Å²) < 4.78 is 0. The van der Waals surface area contributed by atoms with Gasteiger partial charge < -0.3 is 10.3 Å². The number of benzene rings is 1. The molecule has 1 atom stereocenters. The summed E-state index contributed by atoms with van der Waals surface area (Å²) in [6.45, 7) is 3.91. The molecule has 27 heavy (non-hydrogen) atoms. The first-order valence-electron chi connectivity index (χ1n) is 8.60. The lowest BCUT2D eigenvalue weighted by molar-refractivity contribution is 0.0937. The lowest BCUT2D eigenvalue weighted by atomic mass is 10.2. The molecule has 1 aromatic carbocycles. The highest BCUT2D eigenvalue weighted by atomic mass is 16.1. The van der Waals surface area contributed by atoms with E-state index in [1.54, 1.807) is 12.4 Å². The van der Waals surface area contributed by atoms with Crippen LogP contribution in [0.5, 0.6) is 0 Å². The van der Waals surface area contributed by atoms with Crippen molar-refractivity contribution >= 4 is 16.9 Å². The molecule has 0 bridgehead atoms. The van der Waals surface area contributed by atoms with Gasteiger partial charge in [0.25, 0.3) is 5.91 Å². The predicted molar refractivity (Wildman–Crippen MR) is 102 cm³/mol. The minimum absolute atomic E-state index is 0.253. The quantitative estimate of drug-likeness (QED) is 0.584. The van der Waals surface area contributed by atoms with Gasteiger partial charge in [0.2, 0.25) is 0 Å². The van der Waals surface area contributed by atoms with Gasteiger partial charge in [0.15, 0.2) is 5.82 Å². The second kappa shape index (κ2) is 6.95. The van der Waals surface area contributed by atoms with Crippen LogP contribution in [0, 0.1) is 6.92 Å². The van der Waals surface area contributed by atoms with E-state index < -0.39 is 0 Å². The maximum Gasteiger partial charge on any atom is 0.254 e. The minimum atomic E-state index is -0.275. The van der Waals surface area contributed by atoms with Crippen molar-refractivity contribution in [3.8, 4) is 11.4 Å². The van der Waals surface area contributed by atoms with Crippen LogP contribution < -0.4 is 5.32 Å². The van der Waals surface area contributed by atoms with Gasteiger partial charge in [-0.05, 0) is 43.7 Å². The molecule has 134 valence electrons. The maximum atomic E-state index is 12.5. The number of aryl methyl sites for hydroxylation is 1. The Morgan fingerprint density at radius 3 is 2.70 bits per heavy atom. The smallest absolute Gasteiger partial charge is 0.254 e. The fourth-order valence-corrected chi connectivity index (χ4v) is 2.79. The third-order valence-corrected chi connectivity index (χ3v) is 4.25. The number of nitrogens with one attached hydrogen (secondary N) is 2. The summed E-state index contributed by atoms with van der Waals surface area (Å²) in [6.07, 6.45) is 6.39. The summed E-state index contributed by atoms with van der Waals surface area (Å²) in [4.78, 5) is 32.9. The van der Waals surface area contributed by atoms with E-state index in [1.165, 1.54) is 12.4 Å². The summed E-state index contributed by atoms with van der Waals surface area (Å²) in [5.41, 5.74) is 4.17. The fourth-order valence-electron chi connectivity index (χ4n) is 2.79. The second-order valence-electron chi connectivity index (χ2n) is 6.37. The van der Waals surface area contributed by atoms with Crippen molar-refractivity contribution in [1.82, 2.24) is 30.2 Å². The van der Waals surface area contributed by atoms with Crippen LogP contribution in [0.2, 0.25) is 0 Å². The van der Waals surface area contributed by atoms with Gasteiger partial charge in [0.05, 0.1) is 22.6 Å². The lowest BCUT2D eigenvalue weighted by Crippen LogP contribution is -2.27. The van der Waals surface area contributed by atoms with Crippen molar-refractivity contribution in [2.24, 2.45) is 0 Å². The van der Waals surface area contributed by atoms with Crippen molar-refractivity contribution in [2.45, 2.75) is 19.9 Å². The van der Waals surface area contributed by atoms with Crippen LogP contribution in [-0.2, 0) is 0 Å². The van der Waals surface area contributed by atoms with E-state index in [0.29, 0.717) is 17.2 Å². The summed E-state index contributed by atoms with van der Waals surface area (Å²) in [7, 11) is 0. The van der Waals surface area contributed by atoms with E-state index in [-0.39, 0.29) is 11.9 Å². The molecule has 0 aliphatic carbocycles. The number of pyridine rings is 1. The van der Waals surface area contributed by atoms with E-state index in [4.69, 9.17) is 0 Å². The predicted octanol–water partition coefficient (Wildman–Crippen LogP) is 3.21. The van der Waals surface area contributed by atoms with Gasteiger partial charge in [-0.15, -0.1) is 0 Å². The van der Waals surface area contributed by atoms with Gasteiger partial charge in [-0.3, -0.25) is 9.78 Å². The van der Waals surface area contributed by atoms with Gasteiger partial charge in [0.1, 0.15) is 5.82 Å². The Labute approximate surface area is 155 Å². The van der Waals surface area contributed by atoms with E-state index in [1.807, 2.05) is 44.2 Å². The standard InChI is InChI=1S/C20H18N6O/c1-12-5-6-16-17(8-12)26-18(25-16)13(2)24-20(27)15-10-22-19(23-11-15)14-4-3-7-21-9-14/h3-11,13H,1-2H3,(H,24,27)(H,25,26)/t13-/m1/s1. The van der Waals surface area contributed by atoms with Crippen LogP contribution in [0.15, 0.2) is 55.1 Å². The van der Waals surface area contributed by atoms with Crippen LogP contribution in [0.3, 0.4) is 0 Å². The number of carbonyl (C=O) groups is 1. The Bertz CT molecular complexity index is 1090. The number of imidazole rings is 1.